The Labute approximate surface area is 129 Å². The van der Waals surface area contributed by atoms with E-state index in [1.54, 1.807) is 0 Å². The highest BCUT2D eigenvalue weighted by molar-refractivity contribution is 5.08. The fraction of sp³-hybridized carbons (Fsp3) is 0.625. The minimum atomic E-state index is 0.233. The summed E-state index contributed by atoms with van der Waals surface area (Å²) in [4.78, 5) is 6.86. The van der Waals surface area contributed by atoms with Crippen LogP contribution in [0.2, 0.25) is 0 Å². The van der Waals surface area contributed by atoms with Crippen LogP contribution < -0.4 is 0 Å². The van der Waals surface area contributed by atoms with Crippen LogP contribution in [0.1, 0.15) is 42.0 Å². The normalized spacial score (nSPS) is 28.9. The number of nitrogens with zero attached hydrogens (tertiary/aromatic N) is 3. The van der Waals surface area contributed by atoms with Crippen LogP contribution in [0.15, 0.2) is 21.1 Å². The third-order valence-electron chi connectivity index (χ3n) is 4.66. The fourth-order valence-electron chi connectivity index (χ4n) is 3.66. The average molecular weight is 303 g/mol. The Morgan fingerprint density at radius 2 is 2.23 bits per heavy atom. The minimum Gasteiger partial charge on any atom is -0.465 e. The Balaban J connectivity index is 1.55. The Morgan fingerprint density at radius 1 is 1.32 bits per heavy atom. The van der Waals surface area contributed by atoms with Gasteiger partial charge in [0.05, 0.1) is 18.6 Å². The number of rotatable bonds is 3. The maximum atomic E-state index is 5.93. The highest BCUT2D eigenvalue weighted by atomic mass is 16.5. The molecule has 0 radical (unpaired) electrons. The number of hydrogen-bond acceptors (Lipinski definition) is 6. The van der Waals surface area contributed by atoms with Gasteiger partial charge in [-0.05, 0) is 38.8 Å². The van der Waals surface area contributed by atoms with Crippen molar-refractivity contribution in [3.63, 3.8) is 0 Å². The van der Waals surface area contributed by atoms with Crippen molar-refractivity contribution in [2.45, 2.75) is 51.3 Å². The second-order valence-corrected chi connectivity index (χ2v) is 6.32. The molecule has 6 nitrogen and oxygen atoms in total. The fourth-order valence-corrected chi connectivity index (χ4v) is 3.66. The standard InChI is InChI=1S/C16H21N3O3/c1-10-3-4-13(21-10)9-19-8-12(16-17-11(2)18-22-16)7-15-14(19)5-6-20-15/h3-4,12,14-15H,5-9H2,1-2H3/t12-,14+,15+/m1/s1. The van der Waals surface area contributed by atoms with Gasteiger partial charge in [0, 0.05) is 19.2 Å². The number of aryl methyl sites for hydroxylation is 2. The molecule has 2 aromatic rings. The molecule has 0 spiro atoms. The van der Waals surface area contributed by atoms with E-state index in [0.29, 0.717) is 11.9 Å². The van der Waals surface area contributed by atoms with E-state index < -0.39 is 0 Å². The molecule has 0 bridgehead atoms. The molecule has 22 heavy (non-hydrogen) atoms. The molecule has 4 rings (SSSR count). The summed E-state index contributed by atoms with van der Waals surface area (Å²) in [6.45, 7) is 6.38. The SMILES string of the molecule is Cc1noc([C@@H]2C[C@@H]3OCC[C@@H]3N(Cc3ccc(C)o3)C2)n1. The van der Waals surface area contributed by atoms with Crippen molar-refractivity contribution in [3.8, 4) is 0 Å². The van der Waals surface area contributed by atoms with Crippen LogP contribution in [0.5, 0.6) is 0 Å². The Morgan fingerprint density at radius 3 is 2.95 bits per heavy atom. The van der Waals surface area contributed by atoms with E-state index in [0.717, 1.165) is 49.9 Å². The van der Waals surface area contributed by atoms with Crippen molar-refractivity contribution in [2.75, 3.05) is 13.2 Å². The van der Waals surface area contributed by atoms with Gasteiger partial charge in [-0.15, -0.1) is 0 Å². The van der Waals surface area contributed by atoms with E-state index in [-0.39, 0.29) is 12.0 Å². The van der Waals surface area contributed by atoms with Gasteiger partial charge in [0.25, 0.3) is 0 Å². The first-order chi connectivity index (χ1) is 10.7. The van der Waals surface area contributed by atoms with Crippen LogP contribution in [-0.4, -0.2) is 40.3 Å². The number of furan rings is 1. The van der Waals surface area contributed by atoms with Gasteiger partial charge in [0.1, 0.15) is 11.5 Å². The summed E-state index contributed by atoms with van der Waals surface area (Å²) in [5.74, 6) is 3.61. The van der Waals surface area contributed by atoms with Crippen LogP contribution >= 0.6 is 0 Å². The summed E-state index contributed by atoms with van der Waals surface area (Å²) >= 11 is 0. The number of hydrogen-bond donors (Lipinski definition) is 0. The van der Waals surface area contributed by atoms with E-state index >= 15 is 0 Å². The molecule has 3 atom stereocenters. The summed E-state index contributed by atoms with van der Waals surface area (Å²) in [5, 5.41) is 3.93. The zero-order valence-electron chi connectivity index (χ0n) is 13.0. The van der Waals surface area contributed by atoms with Gasteiger partial charge in [-0.2, -0.15) is 4.98 Å². The number of aromatic nitrogens is 2. The molecule has 2 aliphatic rings. The van der Waals surface area contributed by atoms with E-state index in [9.17, 15) is 0 Å². The minimum absolute atomic E-state index is 0.233. The topological polar surface area (TPSA) is 64.5 Å². The molecular weight excluding hydrogens is 282 g/mol. The van der Waals surface area contributed by atoms with Crippen molar-refractivity contribution in [2.24, 2.45) is 0 Å². The van der Waals surface area contributed by atoms with Gasteiger partial charge >= 0.3 is 0 Å². The molecule has 4 heterocycles. The lowest BCUT2D eigenvalue weighted by atomic mass is 9.90. The molecule has 2 aliphatic heterocycles. The van der Waals surface area contributed by atoms with E-state index in [1.165, 1.54) is 0 Å². The van der Waals surface area contributed by atoms with Crippen LogP contribution in [0.25, 0.3) is 0 Å². The zero-order valence-corrected chi connectivity index (χ0v) is 13.0. The quantitative estimate of drug-likeness (QED) is 0.867. The Kier molecular flexibility index (Phi) is 3.50. The molecule has 2 fully saturated rings. The second-order valence-electron chi connectivity index (χ2n) is 6.32. The largest absolute Gasteiger partial charge is 0.465 e. The molecule has 0 N–H and O–H groups in total. The third kappa shape index (κ3) is 2.57. The predicted molar refractivity (Wildman–Crippen MR) is 78.4 cm³/mol. The molecule has 2 aromatic heterocycles. The Bertz CT molecular complexity index is 651. The Hall–Kier alpha value is -1.66. The first-order valence-corrected chi connectivity index (χ1v) is 7.90. The highest BCUT2D eigenvalue weighted by Gasteiger charge is 2.42. The maximum absolute atomic E-state index is 5.93. The van der Waals surface area contributed by atoms with Crippen molar-refractivity contribution >= 4 is 0 Å². The molecule has 0 unspecified atom stereocenters. The molecule has 0 amide bonds. The molecule has 2 saturated heterocycles. The summed E-state index contributed by atoms with van der Waals surface area (Å²) in [6, 6.07) is 4.53. The number of ether oxygens (including phenoxy) is 1. The number of likely N-dealkylation sites (tertiary alicyclic amines) is 1. The first kappa shape index (κ1) is 14.0. The van der Waals surface area contributed by atoms with Gasteiger partial charge in [-0.1, -0.05) is 5.16 Å². The molecule has 6 heteroatoms. The van der Waals surface area contributed by atoms with Gasteiger partial charge in [-0.3, -0.25) is 4.90 Å². The summed E-state index contributed by atoms with van der Waals surface area (Å²) in [6.07, 6.45) is 2.29. The summed E-state index contributed by atoms with van der Waals surface area (Å²) < 4.78 is 17.1. The lowest BCUT2D eigenvalue weighted by Crippen LogP contribution is -2.48. The van der Waals surface area contributed by atoms with E-state index in [4.69, 9.17) is 13.7 Å². The lowest BCUT2D eigenvalue weighted by Gasteiger charge is -2.39. The maximum Gasteiger partial charge on any atom is 0.231 e. The summed E-state index contributed by atoms with van der Waals surface area (Å²) in [5.41, 5.74) is 0. The van der Waals surface area contributed by atoms with E-state index in [1.807, 2.05) is 19.9 Å². The van der Waals surface area contributed by atoms with Crippen molar-refractivity contribution in [1.82, 2.24) is 15.0 Å². The van der Waals surface area contributed by atoms with E-state index in [2.05, 4.69) is 21.1 Å². The number of fused-ring (bicyclic) bond motifs is 1. The first-order valence-electron chi connectivity index (χ1n) is 7.90. The van der Waals surface area contributed by atoms with Crippen molar-refractivity contribution in [1.29, 1.82) is 0 Å². The van der Waals surface area contributed by atoms with Crippen molar-refractivity contribution in [3.05, 3.63) is 35.4 Å². The molecule has 0 saturated carbocycles. The molecule has 0 aromatic carbocycles. The lowest BCUT2D eigenvalue weighted by molar-refractivity contribution is 0.00597. The zero-order chi connectivity index (χ0) is 15.1. The highest BCUT2D eigenvalue weighted by Crippen LogP contribution is 2.36. The summed E-state index contributed by atoms with van der Waals surface area (Å²) in [7, 11) is 0. The second kappa shape index (κ2) is 5.52. The van der Waals surface area contributed by atoms with Gasteiger partial charge in [0.15, 0.2) is 5.82 Å². The van der Waals surface area contributed by atoms with Gasteiger partial charge in [-0.25, -0.2) is 0 Å². The molecule has 118 valence electrons. The van der Waals surface area contributed by atoms with Crippen LogP contribution in [0, 0.1) is 13.8 Å². The molecular formula is C16H21N3O3. The van der Waals surface area contributed by atoms with Gasteiger partial charge < -0.3 is 13.7 Å². The number of piperidine rings is 1. The monoisotopic (exact) mass is 303 g/mol. The van der Waals surface area contributed by atoms with Crippen LogP contribution in [0.4, 0.5) is 0 Å². The molecule has 0 aliphatic carbocycles. The average Bonchev–Trinajstić information content (AvgIpc) is 3.20. The smallest absolute Gasteiger partial charge is 0.231 e. The predicted octanol–water partition coefficient (Wildman–Crippen LogP) is 2.43. The van der Waals surface area contributed by atoms with Gasteiger partial charge in [0.2, 0.25) is 5.89 Å². The van der Waals surface area contributed by atoms with Crippen LogP contribution in [0.3, 0.4) is 0 Å². The van der Waals surface area contributed by atoms with Crippen LogP contribution in [-0.2, 0) is 11.3 Å². The third-order valence-corrected chi connectivity index (χ3v) is 4.66. The van der Waals surface area contributed by atoms with Crippen molar-refractivity contribution < 1.29 is 13.7 Å².